The molecule has 1 aromatic heterocycles. The molecule has 4 aromatic carbocycles. The lowest BCUT2D eigenvalue weighted by atomic mass is 9.82. The number of nitrogens with zero attached hydrogens (tertiary/aromatic N) is 1. The van der Waals surface area contributed by atoms with Crippen molar-refractivity contribution in [3.8, 4) is 17.2 Å². The van der Waals surface area contributed by atoms with Gasteiger partial charge in [0.2, 0.25) is 0 Å². The molecular weight excluding hydrogens is 895 g/mol. The maximum atomic E-state index is 12.6. The molecule has 0 spiro atoms. The molecule has 0 bridgehead atoms. The van der Waals surface area contributed by atoms with Crippen molar-refractivity contribution < 1.29 is 47.6 Å². The van der Waals surface area contributed by atoms with Crippen molar-refractivity contribution in [2.45, 2.75) is 89.1 Å². The van der Waals surface area contributed by atoms with Gasteiger partial charge in [0, 0.05) is 44.8 Å². The number of rotatable bonds is 24. The minimum absolute atomic E-state index is 0.0572. The van der Waals surface area contributed by atoms with Crippen LogP contribution >= 0.6 is 11.3 Å². The Bertz CT molecular complexity index is 2150. The number of benzene rings is 4. The van der Waals surface area contributed by atoms with Gasteiger partial charge in [-0.3, -0.25) is 14.4 Å². The molecule has 0 atom stereocenters. The number of carbonyl (C=O) groups excluding carboxylic acids is 4. The standard InChI is InChI=1S/C28H37NO5.C14H20O3.C7H6N2S.2C3H4O/c1-31-17-5-3-4-6-18-33-25-12-9-22(10-13-25)28(30)34-26-14-7-21(8-15-26)23-11-16-27(32-2)24(19-23)20-29;1-16-10-4-2-3-5-11-17-14-8-6-13(12-15)7-9-14;8-7-9-5-3-1-2-4-6(5)10-7;2*1-2-3-4/h9-13,16,19-21,26,29H,3-8,14-15,17-18H2,1-2H3;6-9,12H,2-5,10-11H2,1H3;1-4H,(H2,8,9);2*2-3H,1H2. The van der Waals surface area contributed by atoms with Crippen molar-refractivity contribution in [1.29, 1.82) is 5.41 Å². The topological polar surface area (TPSA) is 186 Å². The fourth-order valence-corrected chi connectivity index (χ4v) is 7.59. The summed E-state index contributed by atoms with van der Waals surface area (Å²) in [4.78, 5) is 45.3. The highest BCUT2D eigenvalue weighted by molar-refractivity contribution is 7.22. The van der Waals surface area contributed by atoms with Gasteiger partial charge < -0.3 is 39.6 Å². The van der Waals surface area contributed by atoms with Crippen molar-refractivity contribution in [1.82, 2.24) is 4.98 Å². The van der Waals surface area contributed by atoms with Gasteiger partial charge >= 0.3 is 5.97 Å². The molecule has 1 fully saturated rings. The summed E-state index contributed by atoms with van der Waals surface area (Å²) < 4.78 is 33.6. The number of aldehydes is 3. The van der Waals surface area contributed by atoms with Crippen LogP contribution < -0.4 is 19.9 Å². The van der Waals surface area contributed by atoms with E-state index in [4.69, 9.17) is 49.2 Å². The van der Waals surface area contributed by atoms with Crippen LogP contribution in [0.4, 0.5) is 5.13 Å². The van der Waals surface area contributed by atoms with Crippen LogP contribution in [0.2, 0.25) is 0 Å². The molecule has 5 aromatic rings. The van der Waals surface area contributed by atoms with Crippen molar-refractivity contribution in [3.63, 3.8) is 0 Å². The second-order valence-corrected chi connectivity index (χ2v) is 16.6. The number of anilines is 1. The summed E-state index contributed by atoms with van der Waals surface area (Å²) in [5, 5.41) is 8.24. The van der Waals surface area contributed by atoms with E-state index in [9.17, 15) is 9.59 Å². The Kier molecular flexibility index (Phi) is 31.9. The average molecular weight is 966 g/mol. The number of esters is 1. The van der Waals surface area contributed by atoms with Crippen molar-refractivity contribution in [2.75, 3.05) is 53.5 Å². The normalized spacial score (nSPS) is 13.3. The summed E-state index contributed by atoms with van der Waals surface area (Å²) in [5.74, 6) is 2.46. The van der Waals surface area contributed by atoms with Gasteiger partial charge in [0.15, 0.2) is 5.13 Å². The maximum Gasteiger partial charge on any atom is 0.338 e. The molecule has 6 rings (SSSR count). The van der Waals surface area contributed by atoms with Crippen LogP contribution in [0.25, 0.3) is 10.2 Å². The quantitative estimate of drug-likeness (QED) is 0.0196. The molecule has 69 heavy (non-hydrogen) atoms. The zero-order valence-corrected chi connectivity index (χ0v) is 41.3. The number of methoxy groups -OCH3 is 3. The van der Waals surface area contributed by atoms with E-state index in [-0.39, 0.29) is 12.1 Å². The Morgan fingerprint density at radius 2 is 1.23 bits per heavy atom. The van der Waals surface area contributed by atoms with E-state index in [0.717, 1.165) is 130 Å². The number of hydrogen-bond donors (Lipinski definition) is 2. The van der Waals surface area contributed by atoms with Crippen LogP contribution in [0.1, 0.15) is 115 Å². The van der Waals surface area contributed by atoms with Gasteiger partial charge in [-0.05, 0) is 161 Å². The summed E-state index contributed by atoms with van der Waals surface area (Å²) >= 11 is 1.52. The van der Waals surface area contributed by atoms with E-state index < -0.39 is 0 Å². The highest BCUT2D eigenvalue weighted by Gasteiger charge is 2.26. The molecule has 3 N–H and O–H groups in total. The summed E-state index contributed by atoms with van der Waals surface area (Å²) in [6, 6.07) is 28.4. The summed E-state index contributed by atoms with van der Waals surface area (Å²) in [7, 11) is 5.08. The predicted molar refractivity (Wildman–Crippen MR) is 278 cm³/mol. The number of aromatic nitrogens is 1. The number of carbonyl (C=O) groups is 4. The Morgan fingerprint density at radius 1 is 0.710 bits per heavy atom. The van der Waals surface area contributed by atoms with Crippen LogP contribution in [0.3, 0.4) is 0 Å². The molecular formula is C55H71N3O10S. The molecule has 0 unspecified atom stereocenters. The third-order valence-electron chi connectivity index (χ3n) is 10.5. The SMILES string of the molecule is C=CC=O.C=CC=O.COCCCCCCOc1ccc(C(=O)OC2CCC(c3ccc(OC)c(C=N)c3)CC2)cc1.COCCCCCCOc1ccc(C=O)cc1.Nc1nc2ccccc2s1. The van der Waals surface area contributed by atoms with Crippen molar-refractivity contribution in [2.24, 2.45) is 0 Å². The highest BCUT2D eigenvalue weighted by Crippen LogP contribution is 2.36. The zero-order valence-electron chi connectivity index (χ0n) is 40.5. The lowest BCUT2D eigenvalue weighted by Gasteiger charge is -2.29. The number of ether oxygens (including phenoxy) is 6. The van der Waals surface area contributed by atoms with Gasteiger partial charge in [0.05, 0.1) is 36.1 Å². The number of para-hydroxylation sites is 1. The van der Waals surface area contributed by atoms with Crippen LogP contribution in [-0.4, -0.2) is 89.9 Å². The minimum Gasteiger partial charge on any atom is -0.496 e. The van der Waals surface area contributed by atoms with E-state index in [1.54, 1.807) is 45.6 Å². The van der Waals surface area contributed by atoms with Crippen LogP contribution in [0.15, 0.2) is 116 Å². The molecule has 1 aliphatic rings. The Balaban J connectivity index is 0.000000381. The number of nitrogen functional groups attached to an aromatic ring is 1. The first kappa shape index (κ1) is 58.6. The predicted octanol–water partition coefficient (Wildman–Crippen LogP) is 11.9. The van der Waals surface area contributed by atoms with Crippen molar-refractivity contribution >= 4 is 57.7 Å². The average Bonchev–Trinajstić information content (AvgIpc) is 3.79. The van der Waals surface area contributed by atoms with E-state index in [2.05, 4.69) is 24.2 Å². The van der Waals surface area contributed by atoms with Gasteiger partial charge in [-0.15, -0.1) is 0 Å². The molecule has 372 valence electrons. The third-order valence-corrected chi connectivity index (χ3v) is 11.3. The van der Waals surface area contributed by atoms with Gasteiger partial charge in [-0.1, -0.05) is 55.5 Å². The zero-order chi connectivity index (χ0) is 50.3. The first-order chi connectivity index (χ1) is 33.7. The monoisotopic (exact) mass is 965 g/mol. The Hall–Kier alpha value is -6.48. The number of unbranched alkanes of at least 4 members (excludes halogenated alkanes) is 6. The van der Waals surface area contributed by atoms with E-state index >= 15 is 0 Å². The third kappa shape index (κ3) is 24.9. The smallest absolute Gasteiger partial charge is 0.338 e. The van der Waals surface area contributed by atoms with Crippen molar-refractivity contribution in [3.05, 3.63) is 139 Å². The number of allylic oxidation sites excluding steroid dienone is 2. The molecule has 0 saturated heterocycles. The first-order valence-corrected chi connectivity index (χ1v) is 24.0. The molecule has 14 heteroatoms. The van der Waals surface area contributed by atoms with E-state index in [1.807, 2.05) is 60.7 Å². The minimum atomic E-state index is -0.274. The molecule has 0 radical (unpaired) electrons. The number of nitrogens with one attached hydrogen (secondary N) is 1. The van der Waals surface area contributed by atoms with Crippen LogP contribution in [0, 0.1) is 5.41 Å². The van der Waals surface area contributed by atoms with Gasteiger partial charge in [-0.2, -0.15) is 0 Å². The largest absolute Gasteiger partial charge is 0.496 e. The summed E-state index contributed by atoms with van der Waals surface area (Å²) in [6.45, 7) is 9.28. The fourth-order valence-electron chi connectivity index (χ4n) is 6.86. The van der Waals surface area contributed by atoms with E-state index in [0.29, 0.717) is 41.4 Å². The summed E-state index contributed by atoms with van der Waals surface area (Å²) in [6.07, 6.45) is 18.3. The maximum absolute atomic E-state index is 12.6. The van der Waals surface area contributed by atoms with Gasteiger partial charge in [-0.25, -0.2) is 9.78 Å². The Labute approximate surface area is 412 Å². The number of fused-ring (bicyclic) bond motifs is 1. The molecule has 1 aliphatic carbocycles. The van der Waals surface area contributed by atoms with Crippen LogP contribution in [-0.2, 0) is 23.8 Å². The number of thiazole rings is 1. The fraction of sp³-hybridized carbons (Fsp3) is 0.382. The van der Waals surface area contributed by atoms with Crippen LogP contribution in [0.5, 0.6) is 17.2 Å². The first-order valence-electron chi connectivity index (χ1n) is 23.2. The van der Waals surface area contributed by atoms with Gasteiger partial charge in [0.25, 0.3) is 0 Å². The lowest BCUT2D eigenvalue weighted by molar-refractivity contribution is -0.104. The molecule has 0 aliphatic heterocycles. The number of hydrogen-bond acceptors (Lipinski definition) is 14. The molecule has 13 nitrogen and oxygen atoms in total. The molecule has 0 amide bonds. The second kappa shape index (κ2) is 37.5. The lowest BCUT2D eigenvalue weighted by Crippen LogP contribution is -2.24. The summed E-state index contributed by atoms with van der Waals surface area (Å²) in [5.41, 5.74) is 9.73. The Morgan fingerprint density at radius 3 is 1.71 bits per heavy atom. The molecule has 1 saturated carbocycles. The van der Waals surface area contributed by atoms with Gasteiger partial charge in [0.1, 0.15) is 42.2 Å². The second-order valence-electron chi connectivity index (χ2n) is 15.5. The van der Waals surface area contributed by atoms with E-state index in [1.165, 1.54) is 41.7 Å². The molecule has 1 heterocycles. The number of nitrogens with two attached hydrogens (primary N) is 1. The highest BCUT2D eigenvalue weighted by atomic mass is 32.1.